The van der Waals surface area contributed by atoms with E-state index in [1.54, 1.807) is 0 Å². The number of rotatable bonds is 6. The molecule has 19 heavy (non-hydrogen) atoms. The van der Waals surface area contributed by atoms with Crippen LogP contribution < -0.4 is 10.1 Å². The Bertz CT molecular complexity index is 423. The van der Waals surface area contributed by atoms with Crippen LogP contribution in [0.15, 0.2) is 18.2 Å². The molecule has 0 fully saturated rings. The lowest BCUT2D eigenvalue weighted by atomic mass is 9.85. The Morgan fingerprint density at radius 1 is 1.32 bits per heavy atom. The number of ether oxygens (including phenoxy) is 1. The maximum atomic E-state index is 5.55. The zero-order valence-corrected chi connectivity index (χ0v) is 12.8. The summed E-state index contributed by atoms with van der Waals surface area (Å²) in [5, 5.41) is 3.54. The second-order valence-electron chi connectivity index (χ2n) is 6.74. The van der Waals surface area contributed by atoms with E-state index in [1.807, 2.05) is 0 Å². The molecule has 0 atom stereocenters. The predicted octanol–water partition coefficient (Wildman–Crippen LogP) is 3.58. The summed E-state index contributed by atoms with van der Waals surface area (Å²) in [6.07, 6.45) is 3.44. The number of aryl methyl sites for hydroxylation is 1. The van der Waals surface area contributed by atoms with Gasteiger partial charge in [-0.15, -0.1) is 0 Å². The first kappa shape index (κ1) is 14.4. The molecule has 106 valence electrons. The fourth-order valence-electron chi connectivity index (χ4n) is 2.45. The summed E-state index contributed by atoms with van der Waals surface area (Å²) in [5.41, 5.74) is 3.18. The van der Waals surface area contributed by atoms with Gasteiger partial charge in [0.15, 0.2) is 0 Å². The SMILES string of the molecule is CC(C)NCC(C)(C)CCc1ccc2c(c1)CCO2. The van der Waals surface area contributed by atoms with Crippen molar-refractivity contribution >= 4 is 0 Å². The van der Waals surface area contributed by atoms with Crippen molar-refractivity contribution < 1.29 is 4.74 Å². The zero-order valence-electron chi connectivity index (χ0n) is 12.8. The largest absolute Gasteiger partial charge is 0.493 e. The van der Waals surface area contributed by atoms with Gasteiger partial charge in [-0.3, -0.25) is 0 Å². The zero-order chi connectivity index (χ0) is 13.9. The van der Waals surface area contributed by atoms with Gasteiger partial charge in [-0.05, 0) is 35.4 Å². The third-order valence-electron chi connectivity index (χ3n) is 3.83. The van der Waals surface area contributed by atoms with Gasteiger partial charge in [-0.1, -0.05) is 39.8 Å². The molecule has 2 heteroatoms. The summed E-state index contributed by atoms with van der Waals surface area (Å²) >= 11 is 0. The minimum Gasteiger partial charge on any atom is -0.493 e. The molecule has 1 heterocycles. The first-order chi connectivity index (χ1) is 8.96. The molecule has 1 aromatic carbocycles. The third-order valence-corrected chi connectivity index (χ3v) is 3.83. The lowest BCUT2D eigenvalue weighted by molar-refractivity contribution is 0.304. The van der Waals surface area contributed by atoms with Gasteiger partial charge in [0.05, 0.1) is 6.61 Å². The van der Waals surface area contributed by atoms with E-state index in [4.69, 9.17) is 4.74 Å². The summed E-state index contributed by atoms with van der Waals surface area (Å²) < 4.78 is 5.55. The van der Waals surface area contributed by atoms with E-state index in [2.05, 4.69) is 51.2 Å². The first-order valence-electron chi connectivity index (χ1n) is 7.44. The number of fused-ring (bicyclic) bond motifs is 1. The molecule has 1 aliphatic heterocycles. The summed E-state index contributed by atoms with van der Waals surface area (Å²) in [6, 6.07) is 7.25. The van der Waals surface area contributed by atoms with Gasteiger partial charge in [0.2, 0.25) is 0 Å². The van der Waals surface area contributed by atoms with Crippen LogP contribution >= 0.6 is 0 Å². The highest BCUT2D eigenvalue weighted by Crippen LogP contribution is 2.28. The molecule has 0 radical (unpaired) electrons. The summed E-state index contributed by atoms with van der Waals surface area (Å²) in [6.45, 7) is 11.0. The minimum atomic E-state index is 0.347. The van der Waals surface area contributed by atoms with Gasteiger partial charge < -0.3 is 10.1 Å². The van der Waals surface area contributed by atoms with Crippen molar-refractivity contribution in [2.24, 2.45) is 5.41 Å². The van der Waals surface area contributed by atoms with Crippen LogP contribution in [0.5, 0.6) is 5.75 Å². The average molecular weight is 261 g/mol. The van der Waals surface area contributed by atoms with Crippen molar-refractivity contribution in [3.05, 3.63) is 29.3 Å². The van der Waals surface area contributed by atoms with Crippen molar-refractivity contribution in [1.29, 1.82) is 0 Å². The third kappa shape index (κ3) is 4.24. The highest BCUT2D eigenvalue weighted by Gasteiger charge is 2.18. The molecule has 0 spiro atoms. The molecule has 2 nitrogen and oxygen atoms in total. The van der Waals surface area contributed by atoms with E-state index < -0.39 is 0 Å². The number of hydrogen-bond acceptors (Lipinski definition) is 2. The number of nitrogens with one attached hydrogen (secondary N) is 1. The monoisotopic (exact) mass is 261 g/mol. The molecule has 1 N–H and O–H groups in total. The number of hydrogen-bond donors (Lipinski definition) is 1. The van der Waals surface area contributed by atoms with Crippen molar-refractivity contribution in [3.8, 4) is 5.75 Å². The molecule has 0 bridgehead atoms. The maximum absolute atomic E-state index is 5.55. The second kappa shape index (κ2) is 5.96. The van der Waals surface area contributed by atoms with Gasteiger partial charge in [0.1, 0.15) is 5.75 Å². The Hall–Kier alpha value is -1.02. The van der Waals surface area contributed by atoms with Crippen molar-refractivity contribution in [2.75, 3.05) is 13.2 Å². The lowest BCUT2D eigenvalue weighted by Gasteiger charge is -2.26. The summed E-state index contributed by atoms with van der Waals surface area (Å²) in [4.78, 5) is 0. The van der Waals surface area contributed by atoms with Gasteiger partial charge in [0.25, 0.3) is 0 Å². The molecule has 0 aromatic heterocycles. The molecule has 0 amide bonds. The van der Waals surface area contributed by atoms with Crippen LogP contribution in [0.1, 0.15) is 45.2 Å². The van der Waals surface area contributed by atoms with Crippen LogP contribution in [0.25, 0.3) is 0 Å². The van der Waals surface area contributed by atoms with Gasteiger partial charge in [0, 0.05) is 19.0 Å². The molecule has 0 unspecified atom stereocenters. The van der Waals surface area contributed by atoms with Crippen LogP contribution in [-0.2, 0) is 12.8 Å². The quantitative estimate of drug-likeness (QED) is 0.845. The molecular weight excluding hydrogens is 234 g/mol. The molecule has 0 saturated carbocycles. The first-order valence-corrected chi connectivity index (χ1v) is 7.44. The Labute approximate surface area is 117 Å². The lowest BCUT2D eigenvalue weighted by Crippen LogP contribution is -2.34. The van der Waals surface area contributed by atoms with Crippen LogP contribution in [0.4, 0.5) is 0 Å². The Kier molecular flexibility index (Phi) is 4.51. The second-order valence-corrected chi connectivity index (χ2v) is 6.74. The fourth-order valence-corrected chi connectivity index (χ4v) is 2.45. The molecule has 0 saturated heterocycles. The normalized spacial score (nSPS) is 14.6. The van der Waals surface area contributed by atoms with Gasteiger partial charge in [-0.25, -0.2) is 0 Å². The molecular formula is C17H27NO. The highest BCUT2D eigenvalue weighted by atomic mass is 16.5. The van der Waals surface area contributed by atoms with Crippen molar-refractivity contribution in [1.82, 2.24) is 5.32 Å². The topological polar surface area (TPSA) is 21.3 Å². The van der Waals surface area contributed by atoms with Crippen LogP contribution in [0.2, 0.25) is 0 Å². The maximum Gasteiger partial charge on any atom is 0.122 e. The van der Waals surface area contributed by atoms with Crippen LogP contribution in [0.3, 0.4) is 0 Å². The standard InChI is InChI=1S/C17H27NO/c1-13(2)18-12-17(3,4)9-7-14-5-6-16-15(11-14)8-10-19-16/h5-6,11,13,18H,7-10,12H2,1-4H3. The Morgan fingerprint density at radius 2 is 2.11 bits per heavy atom. The van der Waals surface area contributed by atoms with Crippen LogP contribution in [-0.4, -0.2) is 19.2 Å². The van der Waals surface area contributed by atoms with E-state index in [9.17, 15) is 0 Å². The van der Waals surface area contributed by atoms with E-state index in [1.165, 1.54) is 17.5 Å². The van der Waals surface area contributed by atoms with E-state index >= 15 is 0 Å². The molecule has 1 aromatic rings. The minimum absolute atomic E-state index is 0.347. The van der Waals surface area contributed by atoms with E-state index in [-0.39, 0.29) is 0 Å². The van der Waals surface area contributed by atoms with Crippen molar-refractivity contribution in [3.63, 3.8) is 0 Å². The van der Waals surface area contributed by atoms with Gasteiger partial charge >= 0.3 is 0 Å². The predicted molar refractivity (Wildman–Crippen MR) is 80.9 cm³/mol. The molecule has 1 aliphatic rings. The average Bonchev–Trinajstić information content (AvgIpc) is 2.81. The van der Waals surface area contributed by atoms with E-state index in [0.29, 0.717) is 11.5 Å². The van der Waals surface area contributed by atoms with E-state index in [0.717, 1.165) is 31.7 Å². The molecule has 2 rings (SSSR count). The Balaban J connectivity index is 1.87. The smallest absolute Gasteiger partial charge is 0.122 e. The number of benzene rings is 1. The molecule has 0 aliphatic carbocycles. The Morgan fingerprint density at radius 3 is 2.84 bits per heavy atom. The summed E-state index contributed by atoms with van der Waals surface area (Å²) in [7, 11) is 0. The van der Waals surface area contributed by atoms with Crippen molar-refractivity contribution in [2.45, 2.75) is 53.0 Å². The van der Waals surface area contributed by atoms with Crippen LogP contribution in [0, 0.1) is 5.41 Å². The van der Waals surface area contributed by atoms with Gasteiger partial charge in [-0.2, -0.15) is 0 Å². The fraction of sp³-hybridized carbons (Fsp3) is 0.647. The summed E-state index contributed by atoms with van der Waals surface area (Å²) in [5.74, 6) is 1.09. The highest BCUT2D eigenvalue weighted by molar-refractivity contribution is 5.39.